The molecule has 0 bridgehead atoms. The molecule has 2 N–H and O–H groups in total. The van der Waals surface area contributed by atoms with Crippen LogP contribution in [-0.4, -0.2) is 46.2 Å². The molecule has 12 atom stereocenters. The number of rotatable bonds is 2. The fourth-order valence-corrected chi connectivity index (χ4v) is 12.2. The van der Waals surface area contributed by atoms with Crippen molar-refractivity contribution in [2.75, 3.05) is 0 Å². The van der Waals surface area contributed by atoms with E-state index in [1.54, 1.807) is 0 Å². The summed E-state index contributed by atoms with van der Waals surface area (Å²) < 4.78 is 12.0. The van der Waals surface area contributed by atoms with Crippen molar-refractivity contribution in [1.82, 2.24) is 0 Å². The molecule has 0 aromatic carbocycles. The van der Waals surface area contributed by atoms with E-state index in [2.05, 4.69) is 41.5 Å². The van der Waals surface area contributed by atoms with Crippen LogP contribution in [0.15, 0.2) is 0 Å². The monoisotopic (exact) mass is 486 g/mol. The second-order valence-electron chi connectivity index (χ2n) is 15.5. The van der Waals surface area contributed by atoms with E-state index in [-0.39, 0.29) is 62.8 Å². The molecule has 0 amide bonds. The van der Waals surface area contributed by atoms with E-state index in [0.717, 1.165) is 32.1 Å². The van der Waals surface area contributed by atoms with Crippen molar-refractivity contribution in [1.29, 1.82) is 0 Å². The largest absolute Gasteiger partial charge is 0.393 e. The van der Waals surface area contributed by atoms with Crippen molar-refractivity contribution in [3.8, 4) is 0 Å². The third-order valence-corrected chi connectivity index (χ3v) is 14.0. The second-order valence-corrected chi connectivity index (χ2v) is 15.5. The molecule has 7 rings (SSSR count). The first-order valence-electron chi connectivity index (χ1n) is 14.5. The Balaban J connectivity index is 1.20. The molecule has 5 aliphatic carbocycles. The molecule has 0 aromatic rings. The van der Waals surface area contributed by atoms with Crippen molar-refractivity contribution >= 4 is 5.78 Å². The van der Waals surface area contributed by atoms with Crippen molar-refractivity contribution in [3.05, 3.63) is 0 Å². The summed E-state index contributed by atoms with van der Waals surface area (Å²) in [7, 11) is 0. The summed E-state index contributed by atoms with van der Waals surface area (Å²) in [6.07, 6.45) is 8.27. The number of hydrogen-bond acceptors (Lipinski definition) is 5. The molecular formula is C30H46O5. The third-order valence-electron chi connectivity index (χ3n) is 14.0. The summed E-state index contributed by atoms with van der Waals surface area (Å²) in [6.45, 7) is 13.4. The number of aliphatic hydroxyl groups is 2. The zero-order valence-corrected chi connectivity index (χ0v) is 22.6. The fraction of sp³-hybridized carbons (Fsp3) is 0.967. The highest BCUT2D eigenvalue weighted by Crippen LogP contribution is 2.91. The molecule has 2 saturated heterocycles. The average Bonchev–Trinajstić information content (AvgIpc) is 3.53. The minimum atomic E-state index is -0.690. The Hall–Kier alpha value is -0.490. The maximum atomic E-state index is 12.9. The van der Waals surface area contributed by atoms with Gasteiger partial charge in [0.2, 0.25) is 0 Å². The van der Waals surface area contributed by atoms with E-state index >= 15 is 0 Å². The van der Waals surface area contributed by atoms with Crippen LogP contribution >= 0.6 is 0 Å². The Morgan fingerprint density at radius 3 is 2.31 bits per heavy atom. The summed E-state index contributed by atoms with van der Waals surface area (Å²) in [6, 6.07) is 0. The molecule has 1 unspecified atom stereocenters. The van der Waals surface area contributed by atoms with Crippen LogP contribution in [0.5, 0.6) is 0 Å². The molecule has 7 aliphatic rings. The zero-order chi connectivity index (χ0) is 25.0. The average molecular weight is 487 g/mol. The molecule has 5 heteroatoms. The molecule has 0 spiro atoms. The summed E-state index contributed by atoms with van der Waals surface area (Å²) in [5.74, 6) is 1.77. The smallest absolute Gasteiger partial charge is 0.158 e. The van der Waals surface area contributed by atoms with Gasteiger partial charge in [0, 0.05) is 23.2 Å². The first-order chi connectivity index (χ1) is 16.2. The third kappa shape index (κ3) is 2.54. The van der Waals surface area contributed by atoms with Gasteiger partial charge in [0.25, 0.3) is 0 Å². The van der Waals surface area contributed by atoms with Gasteiger partial charge in [-0.2, -0.15) is 0 Å². The Kier molecular flexibility index (Phi) is 4.42. The number of carbonyl (C=O) groups is 1. The predicted octanol–water partition coefficient (Wildman–Crippen LogP) is 4.87. The maximum Gasteiger partial charge on any atom is 0.158 e. The summed E-state index contributed by atoms with van der Waals surface area (Å²) >= 11 is 0. The quantitative estimate of drug-likeness (QED) is 0.545. The first-order valence-corrected chi connectivity index (χ1v) is 14.5. The summed E-state index contributed by atoms with van der Waals surface area (Å²) in [5, 5.41) is 23.0. The van der Waals surface area contributed by atoms with Gasteiger partial charge >= 0.3 is 0 Å². The molecule has 2 heterocycles. The lowest BCUT2D eigenvalue weighted by atomic mass is 9.37. The van der Waals surface area contributed by atoms with E-state index in [4.69, 9.17) is 9.47 Å². The van der Waals surface area contributed by atoms with Gasteiger partial charge in [0.1, 0.15) is 11.9 Å². The number of ether oxygens (including phenoxy) is 2. The fourth-order valence-electron chi connectivity index (χ4n) is 12.2. The molecular weight excluding hydrogens is 440 g/mol. The number of aliphatic hydroxyl groups excluding tert-OH is 2. The maximum absolute atomic E-state index is 12.9. The van der Waals surface area contributed by atoms with E-state index in [9.17, 15) is 15.0 Å². The molecule has 35 heavy (non-hydrogen) atoms. The predicted molar refractivity (Wildman–Crippen MR) is 131 cm³/mol. The van der Waals surface area contributed by atoms with Gasteiger partial charge in [0.15, 0.2) is 6.29 Å². The molecule has 0 aromatic heterocycles. The van der Waals surface area contributed by atoms with Crippen molar-refractivity contribution < 1.29 is 24.5 Å². The van der Waals surface area contributed by atoms with Gasteiger partial charge < -0.3 is 19.7 Å². The zero-order valence-electron chi connectivity index (χ0n) is 22.6. The van der Waals surface area contributed by atoms with Crippen molar-refractivity contribution in [3.63, 3.8) is 0 Å². The van der Waals surface area contributed by atoms with Crippen molar-refractivity contribution in [2.24, 2.45) is 50.7 Å². The van der Waals surface area contributed by atoms with E-state index in [1.807, 2.05) is 0 Å². The molecule has 7 fully saturated rings. The Morgan fingerprint density at radius 1 is 0.914 bits per heavy atom. The van der Waals surface area contributed by atoms with Crippen LogP contribution < -0.4 is 0 Å². The molecule has 5 nitrogen and oxygen atoms in total. The highest BCUT2D eigenvalue weighted by atomic mass is 16.7. The van der Waals surface area contributed by atoms with Gasteiger partial charge in [0.05, 0.1) is 17.8 Å². The molecule has 2 aliphatic heterocycles. The Labute approximate surface area is 210 Å². The lowest BCUT2D eigenvalue weighted by Gasteiger charge is -2.67. The van der Waals surface area contributed by atoms with Crippen LogP contribution in [-0.2, 0) is 14.3 Å². The van der Waals surface area contributed by atoms with Crippen molar-refractivity contribution in [2.45, 2.75) is 130 Å². The second kappa shape index (κ2) is 6.55. The van der Waals surface area contributed by atoms with Crippen LogP contribution in [0.1, 0.15) is 99.3 Å². The number of hydrogen-bond donors (Lipinski definition) is 2. The normalized spacial score (nSPS) is 61.4. The van der Waals surface area contributed by atoms with Crippen LogP contribution in [0.2, 0.25) is 0 Å². The summed E-state index contributed by atoms with van der Waals surface area (Å²) in [5.41, 5.74) is -0.0419. The summed E-state index contributed by atoms with van der Waals surface area (Å²) in [4.78, 5) is 12.9. The molecule has 5 saturated carbocycles. The number of Topliss-reactive ketones (excluding diaryl/α,β-unsaturated/α-hetero) is 1. The van der Waals surface area contributed by atoms with E-state index < -0.39 is 6.29 Å². The SMILES string of the molecule is CC1(C)O[C@H]1[C@H]1C[C@@H]([C@@H]2CC[C@]34C[C@]23CC[C@@H]2[C@@]3(C)CCC(=O)C(C)(C)[C@@H]3C[C@@H](O)[C@]24C)C(O)O1. The Bertz CT molecular complexity index is 974. The standard InChI is InChI=1S/C30H46O5/c1-25(2)20-14-22(32)28(6)19(27(20,5)10-9-21(25)31)8-11-29-15-30(28,29)12-7-17(29)16-13-18(34-24(16)33)23-26(3,4)35-23/h16-20,22-24,32-33H,7-15H2,1-6H3/t16-,17-,18+,19+,20-,22+,23-,24?,27+,28-,29+,30+/m0/s1. The minimum absolute atomic E-state index is 0.00373. The minimum Gasteiger partial charge on any atom is -0.393 e. The van der Waals surface area contributed by atoms with Gasteiger partial charge in [-0.25, -0.2) is 0 Å². The van der Waals surface area contributed by atoms with Gasteiger partial charge in [-0.3, -0.25) is 4.79 Å². The van der Waals surface area contributed by atoms with E-state index in [1.165, 1.54) is 19.3 Å². The van der Waals surface area contributed by atoms with Gasteiger partial charge in [-0.15, -0.1) is 0 Å². The van der Waals surface area contributed by atoms with E-state index in [0.29, 0.717) is 24.0 Å². The number of ketones is 1. The lowest BCUT2D eigenvalue weighted by Crippen LogP contribution is -2.65. The first kappa shape index (κ1) is 23.6. The molecule has 0 radical (unpaired) electrons. The van der Waals surface area contributed by atoms with Crippen LogP contribution in [0, 0.1) is 50.7 Å². The van der Waals surface area contributed by atoms with Crippen LogP contribution in [0.4, 0.5) is 0 Å². The highest BCUT2D eigenvalue weighted by Gasteiger charge is 2.85. The van der Waals surface area contributed by atoms with Gasteiger partial charge in [-0.1, -0.05) is 27.7 Å². The highest BCUT2D eigenvalue weighted by molar-refractivity contribution is 5.85. The number of carbonyl (C=O) groups excluding carboxylic acids is 1. The van der Waals surface area contributed by atoms with Gasteiger partial charge in [-0.05, 0) is 99.2 Å². The number of epoxide rings is 1. The van der Waals surface area contributed by atoms with Crippen LogP contribution in [0.3, 0.4) is 0 Å². The lowest BCUT2D eigenvalue weighted by molar-refractivity contribution is -0.224. The molecule has 196 valence electrons. The number of fused-ring (bicyclic) bond motifs is 3. The van der Waals surface area contributed by atoms with Crippen LogP contribution in [0.25, 0.3) is 0 Å². The topological polar surface area (TPSA) is 79.3 Å². The Morgan fingerprint density at radius 2 is 1.63 bits per heavy atom.